The lowest BCUT2D eigenvalue weighted by atomic mass is 9.89. The van der Waals surface area contributed by atoms with E-state index in [2.05, 4.69) is 32.6 Å². The van der Waals surface area contributed by atoms with Crippen LogP contribution in [-0.4, -0.2) is 34.6 Å². The highest BCUT2D eigenvalue weighted by Crippen LogP contribution is 2.26. The van der Waals surface area contributed by atoms with Crippen molar-refractivity contribution in [3.05, 3.63) is 0 Å². The summed E-state index contributed by atoms with van der Waals surface area (Å²) in [5.74, 6) is -0.122. The number of hydrogen-bond acceptors (Lipinski definition) is 2. The van der Waals surface area contributed by atoms with Crippen molar-refractivity contribution >= 4 is 5.97 Å². The first kappa shape index (κ1) is 12.5. The van der Waals surface area contributed by atoms with Gasteiger partial charge in [0, 0.05) is 12.1 Å². The fraction of sp³-hybridized carbons (Fsp3) is 0.917. The van der Waals surface area contributed by atoms with Crippen LogP contribution in [0.1, 0.15) is 40.5 Å². The van der Waals surface area contributed by atoms with Gasteiger partial charge < -0.3 is 5.11 Å². The molecule has 0 spiro atoms. The van der Waals surface area contributed by atoms with Crippen LogP contribution >= 0.6 is 0 Å². The van der Waals surface area contributed by atoms with Crippen LogP contribution in [0.5, 0.6) is 0 Å². The van der Waals surface area contributed by atoms with Crippen molar-refractivity contribution in [1.82, 2.24) is 4.90 Å². The second-order valence-electron chi connectivity index (χ2n) is 5.13. The van der Waals surface area contributed by atoms with Crippen LogP contribution in [0.25, 0.3) is 0 Å². The smallest absolute Gasteiger partial charge is 0.306 e. The van der Waals surface area contributed by atoms with Gasteiger partial charge in [-0.1, -0.05) is 13.8 Å². The fourth-order valence-electron chi connectivity index (χ4n) is 2.40. The molecule has 0 saturated carbocycles. The average Bonchev–Trinajstić information content (AvgIpc) is 2.16. The Bertz CT molecular complexity index is 228. The van der Waals surface area contributed by atoms with E-state index in [0.717, 1.165) is 19.4 Å². The van der Waals surface area contributed by atoms with E-state index in [0.29, 0.717) is 18.0 Å². The second kappa shape index (κ2) is 4.97. The summed E-state index contributed by atoms with van der Waals surface area (Å²) in [6, 6.07) is 0.951. The normalized spacial score (nSPS) is 30.5. The van der Waals surface area contributed by atoms with E-state index in [1.54, 1.807) is 0 Å². The molecule has 0 bridgehead atoms. The van der Waals surface area contributed by atoms with Crippen LogP contribution in [-0.2, 0) is 4.79 Å². The lowest BCUT2D eigenvalue weighted by Crippen LogP contribution is -2.48. The van der Waals surface area contributed by atoms with Crippen LogP contribution in [0.4, 0.5) is 0 Å². The Hall–Kier alpha value is -0.570. The van der Waals surface area contributed by atoms with Crippen LogP contribution in [0, 0.1) is 11.8 Å². The van der Waals surface area contributed by atoms with E-state index < -0.39 is 5.97 Å². The monoisotopic (exact) mass is 213 g/mol. The first-order valence-electron chi connectivity index (χ1n) is 5.92. The first-order valence-corrected chi connectivity index (χ1v) is 5.92. The number of likely N-dealkylation sites (tertiary alicyclic amines) is 1. The lowest BCUT2D eigenvalue weighted by Gasteiger charge is -2.41. The van der Waals surface area contributed by atoms with Crippen LogP contribution in [0.3, 0.4) is 0 Å². The number of carboxylic acids is 1. The lowest BCUT2D eigenvalue weighted by molar-refractivity contribution is -0.144. The molecule has 15 heavy (non-hydrogen) atoms. The van der Waals surface area contributed by atoms with Gasteiger partial charge in [-0.05, 0) is 39.2 Å². The molecule has 0 aromatic heterocycles. The zero-order valence-electron chi connectivity index (χ0n) is 10.2. The number of carboxylic acid groups (broad SMARTS) is 1. The molecular formula is C12H23NO2. The number of piperidine rings is 1. The predicted molar refractivity (Wildman–Crippen MR) is 60.8 cm³/mol. The fourth-order valence-corrected chi connectivity index (χ4v) is 2.40. The van der Waals surface area contributed by atoms with Gasteiger partial charge in [0.1, 0.15) is 0 Å². The summed E-state index contributed by atoms with van der Waals surface area (Å²) in [6.07, 6.45) is 1.60. The first-order chi connectivity index (χ1) is 6.93. The predicted octanol–water partition coefficient (Wildman–Crippen LogP) is 2.22. The highest BCUT2D eigenvalue weighted by molar-refractivity contribution is 5.70. The molecule has 3 unspecified atom stereocenters. The molecule has 1 N–H and O–H groups in total. The highest BCUT2D eigenvalue weighted by atomic mass is 16.4. The molecule has 3 nitrogen and oxygen atoms in total. The Balaban J connectivity index is 2.56. The summed E-state index contributed by atoms with van der Waals surface area (Å²) in [5.41, 5.74) is 0. The van der Waals surface area contributed by atoms with Crippen molar-refractivity contribution in [1.29, 1.82) is 0 Å². The molecule has 0 aliphatic carbocycles. The largest absolute Gasteiger partial charge is 0.481 e. The molecule has 0 aromatic rings. The van der Waals surface area contributed by atoms with E-state index in [9.17, 15) is 4.79 Å². The zero-order chi connectivity index (χ0) is 11.6. The van der Waals surface area contributed by atoms with Crippen molar-refractivity contribution in [2.45, 2.75) is 52.6 Å². The third-order valence-electron chi connectivity index (χ3n) is 3.76. The van der Waals surface area contributed by atoms with E-state index in [-0.39, 0.29) is 5.92 Å². The average molecular weight is 213 g/mol. The highest BCUT2D eigenvalue weighted by Gasteiger charge is 2.32. The van der Waals surface area contributed by atoms with Crippen LogP contribution < -0.4 is 0 Å². The third kappa shape index (κ3) is 2.94. The molecule has 3 atom stereocenters. The number of carbonyl (C=O) groups is 1. The second-order valence-corrected chi connectivity index (χ2v) is 5.13. The summed E-state index contributed by atoms with van der Waals surface area (Å²) < 4.78 is 0. The molecule has 0 aromatic carbocycles. The summed E-state index contributed by atoms with van der Waals surface area (Å²) in [6.45, 7) is 9.76. The Morgan fingerprint density at radius 3 is 2.40 bits per heavy atom. The van der Waals surface area contributed by atoms with Gasteiger partial charge in [0.25, 0.3) is 0 Å². The van der Waals surface area contributed by atoms with Gasteiger partial charge in [-0.2, -0.15) is 0 Å². The Morgan fingerprint density at radius 2 is 2.00 bits per heavy atom. The van der Waals surface area contributed by atoms with Crippen LogP contribution in [0.15, 0.2) is 0 Å². The number of rotatable bonds is 3. The Morgan fingerprint density at radius 1 is 1.40 bits per heavy atom. The maximum absolute atomic E-state index is 10.9. The molecule has 1 aliphatic heterocycles. The Labute approximate surface area is 92.5 Å². The van der Waals surface area contributed by atoms with Gasteiger partial charge in [-0.25, -0.2) is 0 Å². The zero-order valence-corrected chi connectivity index (χ0v) is 10.2. The Kier molecular flexibility index (Phi) is 4.14. The summed E-state index contributed by atoms with van der Waals surface area (Å²) in [5, 5.41) is 8.97. The van der Waals surface area contributed by atoms with Gasteiger partial charge in [-0.3, -0.25) is 9.69 Å². The standard InChI is InChI=1S/C12H23NO2/c1-8(2)10(4)13-6-5-11(12(14)15)7-9(13)3/h8-11H,5-7H2,1-4H3,(H,14,15). The summed E-state index contributed by atoms with van der Waals surface area (Å²) >= 11 is 0. The summed E-state index contributed by atoms with van der Waals surface area (Å²) in [7, 11) is 0. The minimum Gasteiger partial charge on any atom is -0.481 e. The van der Waals surface area contributed by atoms with Gasteiger partial charge in [-0.15, -0.1) is 0 Å². The molecule has 0 radical (unpaired) electrons. The van der Waals surface area contributed by atoms with Gasteiger partial charge >= 0.3 is 5.97 Å². The number of nitrogens with zero attached hydrogens (tertiary/aromatic N) is 1. The molecule has 3 heteroatoms. The van der Waals surface area contributed by atoms with E-state index in [1.807, 2.05) is 0 Å². The topological polar surface area (TPSA) is 40.5 Å². The molecule has 1 rings (SSSR count). The van der Waals surface area contributed by atoms with Crippen molar-refractivity contribution in [3.8, 4) is 0 Å². The van der Waals surface area contributed by atoms with E-state index >= 15 is 0 Å². The molecule has 1 saturated heterocycles. The number of hydrogen-bond donors (Lipinski definition) is 1. The van der Waals surface area contributed by atoms with Crippen molar-refractivity contribution < 1.29 is 9.90 Å². The molecule has 1 heterocycles. The van der Waals surface area contributed by atoms with E-state index in [4.69, 9.17) is 5.11 Å². The maximum Gasteiger partial charge on any atom is 0.306 e. The molecule has 0 amide bonds. The SMILES string of the molecule is CC(C)C(C)N1CCC(C(=O)O)CC1C. The van der Waals surface area contributed by atoms with Gasteiger partial charge in [0.05, 0.1) is 5.92 Å². The van der Waals surface area contributed by atoms with Gasteiger partial charge in [0.2, 0.25) is 0 Å². The molecule has 1 fully saturated rings. The van der Waals surface area contributed by atoms with Crippen molar-refractivity contribution in [3.63, 3.8) is 0 Å². The van der Waals surface area contributed by atoms with Gasteiger partial charge in [0.15, 0.2) is 0 Å². The van der Waals surface area contributed by atoms with Crippen molar-refractivity contribution in [2.75, 3.05) is 6.54 Å². The number of aliphatic carboxylic acids is 1. The maximum atomic E-state index is 10.9. The minimum atomic E-state index is -0.626. The van der Waals surface area contributed by atoms with E-state index in [1.165, 1.54) is 0 Å². The molecule has 88 valence electrons. The molecular weight excluding hydrogens is 190 g/mol. The summed E-state index contributed by atoms with van der Waals surface area (Å²) in [4.78, 5) is 13.3. The van der Waals surface area contributed by atoms with Crippen LogP contribution in [0.2, 0.25) is 0 Å². The van der Waals surface area contributed by atoms with Crippen molar-refractivity contribution in [2.24, 2.45) is 11.8 Å². The minimum absolute atomic E-state index is 0.129. The quantitative estimate of drug-likeness (QED) is 0.781. The third-order valence-corrected chi connectivity index (χ3v) is 3.76. The molecule has 1 aliphatic rings.